The number of halogens is 3. The lowest BCUT2D eigenvalue weighted by molar-refractivity contribution is -0.137. The van der Waals surface area contributed by atoms with E-state index in [0.29, 0.717) is 11.1 Å². The van der Waals surface area contributed by atoms with Gasteiger partial charge in [0.05, 0.1) is 12.2 Å². The van der Waals surface area contributed by atoms with Gasteiger partial charge in [-0.05, 0) is 45.6 Å². The summed E-state index contributed by atoms with van der Waals surface area (Å²) in [5.74, 6) is 0. The average Bonchev–Trinajstić information content (AvgIpc) is 2.80. The van der Waals surface area contributed by atoms with E-state index in [0.717, 1.165) is 17.7 Å². The second-order valence-electron chi connectivity index (χ2n) is 3.54. The Hall–Kier alpha value is -1.33. The molecule has 0 aliphatic heterocycles. The second-order valence-corrected chi connectivity index (χ2v) is 4.32. The van der Waals surface area contributed by atoms with E-state index in [1.807, 2.05) is 16.8 Å². The zero-order valence-electron chi connectivity index (χ0n) is 8.66. The molecule has 0 aliphatic carbocycles. The van der Waals surface area contributed by atoms with Crippen molar-refractivity contribution in [2.45, 2.75) is 12.8 Å². The summed E-state index contributed by atoms with van der Waals surface area (Å²) in [5.41, 5.74) is 1.02. The molecule has 90 valence electrons. The third kappa shape index (κ3) is 2.50. The summed E-state index contributed by atoms with van der Waals surface area (Å²) >= 11 is 1.46. The Kier molecular flexibility index (Phi) is 3.22. The van der Waals surface area contributed by atoms with Gasteiger partial charge < -0.3 is 5.11 Å². The first-order valence-corrected chi connectivity index (χ1v) is 5.80. The van der Waals surface area contributed by atoms with E-state index < -0.39 is 18.3 Å². The van der Waals surface area contributed by atoms with E-state index in [9.17, 15) is 13.2 Å². The molecule has 1 heterocycles. The quantitative estimate of drug-likeness (QED) is 0.865. The molecular weight excluding hydrogens is 249 g/mol. The summed E-state index contributed by atoms with van der Waals surface area (Å²) < 4.78 is 37.5. The van der Waals surface area contributed by atoms with Gasteiger partial charge in [-0.1, -0.05) is 6.07 Å². The van der Waals surface area contributed by atoms with Crippen molar-refractivity contribution in [1.82, 2.24) is 0 Å². The number of thiophene rings is 1. The van der Waals surface area contributed by atoms with Gasteiger partial charge in [-0.2, -0.15) is 24.5 Å². The van der Waals surface area contributed by atoms with Gasteiger partial charge in [0.1, 0.15) is 0 Å². The topological polar surface area (TPSA) is 20.2 Å². The maximum Gasteiger partial charge on any atom is 0.416 e. The van der Waals surface area contributed by atoms with Crippen molar-refractivity contribution in [3.8, 4) is 11.1 Å². The summed E-state index contributed by atoms with van der Waals surface area (Å²) in [5, 5.41) is 12.8. The van der Waals surface area contributed by atoms with Crippen molar-refractivity contribution in [3.63, 3.8) is 0 Å². The predicted octanol–water partition coefficient (Wildman–Crippen LogP) is 3.93. The lowest BCUT2D eigenvalue weighted by atomic mass is 10.00. The Morgan fingerprint density at radius 1 is 1.18 bits per heavy atom. The highest BCUT2D eigenvalue weighted by Gasteiger charge is 2.30. The SMILES string of the molecule is OCc1cc(C(F)(F)F)ccc1-c1ccsc1. The molecule has 1 nitrogen and oxygen atoms in total. The number of aliphatic hydroxyl groups is 1. The smallest absolute Gasteiger partial charge is 0.392 e. The molecule has 0 unspecified atom stereocenters. The number of alkyl halides is 3. The summed E-state index contributed by atoms with van der Waals surface area (Å²) in [6, 6.07) is 5.24. The van der Waals surface area contributed by atoms with E-state index >= 15 is 0 Å². The average molecular weight is 258 g/mol. The fourth-order valence-electron chi connectivity index (χ4n) is 1.60. The molecule has 1 aromatic carbocycles. The molecule has 1 aromatic heterocycles. The van der Waals surface area contributed by atoms with Crippen LogP contribution in [-0.2, 0) is 12.8 Å². The summed E-state index contributed by atoms with van der Waals surface area (Å²) in [7, 11) is 0. The maximum atomic E-state index is 12.5. The summed E-state index contributed by atoms with van der Waals surface area (Å²) in [6.07, 6.45) is -4.38. The van der Waals surface area contributed by atoms with Crippen molar-refractivity contribution in [2.75, 3.05) is 0 Å². The zero-order valence-corrected chi connectivity index (χ0v) is 9.48. The molecule has 0 aliphatic rings. The fraction of sp³-hybridized carbons (Fsp3) is 0.167. The van der Waals surface area contributed by atoms with Crippen LogP contribution in [-0.4, -0.2) is 5.11 Å². The van der Waals surface area contributed by atoms with E-state index in [4.69, 9.17) is 5.11 Å². The molecule has 0 amide bonds. The van der Waals surface area contributed by atoms with Crippen LogP contribution in [0.5, 0.6) is 0 Å². The van der Waals surface area contributed by atoms with Gasteiger partial charge in [0.15, 0.2) is 0 Å². The van der Waals surface area contributed by atoms with Gasteiger partial charge in [-0.15, -0.1) is 0 Å². The zero-order chi connectivity index (χ0) is 12.5. The third-order valence-electron chi connectivity index (χ3n) is 2.44. The second kappa shape index (κ2) is 4.50. The van der Waals surface area contributed by atoms with E-state index in [2.05, 4.69) is 0 Å². The molecule has 0 saturated carbocycles. The minimum atomic E-state index is -4.38. The standard InChI is InChI=1S/C12H9F3OS/c13-12(14,15)10-1-2-11(9(5-10)6-16)8-3-4-17-7-8/h1-5,7,16H,6H2. The Balaban J connectivity index is 2.50. The highest BCUT2D eigenvalue weighted by atomic mass is 32.1. The molecule has 0 fully saturated rings. The lowest BCUT2D eigenvalue weighted by Gasteiger charge is -2.11. The van der Waals surface area contributed by atoms with Crippen LogP contribution >= 0.6 is 11.3 Å². The maximum absolute atomic E-state index is 12.5. The molecule has 0 bridgehead atoms. The first-order chi connectivity index (χ1) is 8.02. The molecule has 2 rings (SSSR count). The van der Waals surface area contributed by atoms with Gasteiger partial charge in [0.2, 0.25) is 0 Å². The van der Waals surface area contributed by atoms with Crippen LogP contribution < -0.4 is 0 Å². The van der Waals surface area contributed by atoms with E-state index in [1.165, 1.54) is 17.4 Å². The van der Waals surface area contributed by atoms with Gasteiger partial charge in [0, 0.05) is 0 Å². The van der Waals surface area contributed by atoms with Gasteiger partial charge in [-0.25, -0.2) is 0 Å². The van der Waals surface area contributed by atoms with Crippen molar-refractivity contribution in [3.05, 3.63) is 46.2 Å². The number of benzene rings is 1. The molecule has 0 radical (unpaired) electrons. The predicted molar refractivity (Wildman–Crippen MR) is 60.7 cm³/mol. The monoisotopic (exact) mass is 258 g/mol. The van der Waals surface area contributed by atoms with E-state index in [-0.39, 0.29) is 0 Å². The van der Waals surface area contributed by atoms with Crippen LogP contribution in [0.15, 0.2) is 35.0 Å². The van der Waals surface area contributed by atoms with Gasteiger partial charge >= 0.3 is 6.18 Å². The fourth-order valence-corrected chi connectivity index (χ4v) is 2.26. The van der Waals surface area contributed by atoms with Crippen LogP contribution in [0.2, 0.25) is 0 Å². The normalized spacial score (nSPS) is 11.8. The molecule has 17 heavy (non-hydrogen) atoms. The highest BCUT2D eigenvalue weighted by Crippen LogP contribution is 2.33. The van der Waals surface area contributed by atoms with Gasteiger partial charge in [0.25, 0.3) is 0 Å². The van der Waals surface area contributed by atoms with Crippen molar-refractivity contribution >= 4 is 11.3 Å². The number of hydrogen-bond donors (Lipinski definition) is 1. The molecule has 0 spiro atoms. The first kappa shape index (κ1) is 12.1. The molecule has 0 saturated heterocycles. The number of hydrogen-bond acceptors (Lipinski definition) is 2. The minimum Gasteiger partial charge on any atom is -0.392 e. The van der Waals surface area contributed by atoms with Crippen molar-refractivity contribution in [2.24, 2.45) is 0 Å². The Labute approximate surface area is 100 Å². The summed E-state index contributed by atoms with van der Waals surface area (Å²) in [4.78, 5) is 0. The van der Waals surface area contributed by atoms with Crippen LogP contribution in [0, 0.1) is 0 Å². The Morgan fingerprint density at radius 3 is 2.47 bits per heavy atom. The molecular formula is C12H9F3OS. The highest BCUT2D eigenvalue weighted by molar-refractivity contribution is 7.08. The minimum absolute atomic E-state index is 0.290. The first-order valence-electron chi connectivity index (χ1n) is 4.86. The van der Waals surface area contributed by atoms with Crippen LogP contribution in [0.4, 0.5) is 13.2 Å². The number of rotatable bonds is 2. The molecule has 2 aromatic rings. The third-order valence-corrected chi connectivity index (χ3v) is 3.12. The lowest BCUT2D eigenvalue weighted by Crippen LogP contribution is -2.06. The Morgan fingerprint density at radius 2 is 1.94 bits per heavy atom. The van der Waals surface area contributed by atoms with Gasteiger partial charge in [-0.3, -0.25) is 0 Å². The van der Waals surface area contributed by atoms with Crippen LogP contribution in [0.1, 0.15) is 11.1 Å². The van der Waals surface area contributed by atoms with Crippen molar-refractivity contribution < 1.29 is 18.3 Å². The summed E-state index contributed by atoms with van der Waals surface area (Å²) in [6.45, 7) is -0.408. The largest absolute Gasteiger partial charge is 0.416 e. The van der Waals surface area contributed by atoms with Crippen molar-refractivity contribution in [1.29, 1.82) is 0 Å². The molecule has 5 heteroatoms. The Bertz CT molecular complexity index is 503. The number of aliphatic hydroxyl groups excluding tert-OH is 1. The van der Waals surface area contributed by atoms with Crippen LogP contribution in [0.3, 0.4) is 0 Å². The van der Waals surface area contributed by atoms with Crippen LogP contribution in [0.25, 0.3) is 11.1 Å². The van der Waals surface area contributed by atoms with E-state index in [1.54, 1.807) is 0 Å². The molecule has 0 atom stereocenters. The molecule has 1 N–H and O–H groups in total.